The second-order valence-electron chi connectivity index (χ2n) is 3.58. The van der Waals surface area contributed by atoms with Gasteiger partial charge in [0.1, 0.15) is 6.10 Å². The molecule has 0 aromatic rings. The number of ether oxygens (including phenoxy) is 2. The lowest BCUT2D eigenvalue weighted by atomic mass is 9.95. The highest BCUT2D eigenvalue weighted by molar-refractivity contribution is 5.85. The molecule has 0 bridgehead atoms. The fourth-order valence-electron chi connectivity index (χ4n) is 1.94. The number of fused-ring (bicyclic) bond motifs is 1. The van der Waals surface area contributed by atoms with Gasteiger partial charge in [-0.15, -0.1) is 0 Å². The largest absolute Gasteiger partial charge is 0.394 e. The summed E-state index contributed by atoms with van der Waals surface area (Å²) in [5.74, 6) is 0.0787. The van der Waals surface area contributed by atoms with Crippen LogP contribution in [-0.2, 0) is 14.3 Å². The zero-order valence-electron chi connectivity index (χ0n) is 7.44. The van der Waals surface area contributed by atoms with Gasteiger partial charge in [-0.3, -0.25) is 4.79 Å². The lowest BCUT2D eigenvalue weighted by Crippen LogP contribution is -2.50. The molecular formula is C9H14O4. The highest BCUT2D eigenvalue weighted by Crippen LogP contribution is 2.26. The number of rotatable bonds is 1. The van der Waals surface area contributed by atoms with Crippen molar-refractivity contribution in [2.75, 3.05) is 13.2 Å². The third-order valence-electron chi connectivity index (χ3n) is 2.59. The predicted molar refractivity (Wildman–Crippen MR) is 44.3 cm³/mol. The van der Waals surface area contributed by atoms with Crippen LogP contribution >= 0.6 is 0 Å². The number of carbonyl (C=O) groups excluding carboxylic acids is 1. The smallest absolute Gasteiger partial charge is 0.166 e. The van der Waals surface area contributed by atoms with Crippen LogP contribution in [0.1, 0.15) is 19.3 Å². The fourth-order valence-corrected chi connectivity index (χ4v) is 1.94. The van der Waals surface area contributed by atoms with E-state index < -0.39 is 0 Å². The lowest BCUT2D eigenvalue weighted by molar-refractivity contribution is -0.181. The van der Waals surface area contributed by atoms with E-state index in [2.05, 4.69) is 0 Å². The van der Waals surface area contributed by atoms with Gasteiger partial charge in [-0.25, -0.2) is 0 Å². The molecule has 4 nitrogen and oxygen atoms in total. The Balaban J connectivity index is 2.03. The van der Waals surface area contributed by atoms with Gasteiger partial charge in [0.05, 0.1) is 18.8 Å². The zero-order chi connectivity index (χ0) is 9.26. The molecule has 0 amide bonds. The van der Waals surface area contributed by atoms with Crippen molar-refractivity contribution in [1.82, 2.24) is 0 Å². The van der Waals surface area contributed by atoms with Crippen molar-refractivity contribution >= 4 is 5.78 Å². The lowest BCUT2D eigenvalue weighted by Gasteiger charge is -2.37. The van der Waals surface area contributed by atoms with Crippen molar-refractivity contribution in [2.45, 2.75) is 37.6 Å². The minimum atomic E-state index is -0.364. The standard InChI is InChI=1S/C9H14O4/c10-5-6-4-7(11)9-8(13-6)2-1-3-12-9/h6,8-10H,1-5H2/t6-,8+,9-/m0/s1. The van der Waals surface area contributed by atoms with Crippen molar-refractivity contribution in [1.29, 1.82) is 0 Å². The molecule has 2 heterocycles. The second kappa shape index (κ2) is 3.74. The molecule has 74 valence electrons. The van der Waals surface area contributed by atoms with E-state index in [9.17, 15) is 4.79 Å². The molecular weight excluding hydrogens is 172 g/mol. The van der Waals surface area contributed by atoms with Crippen molar-refractivity contribution in [2.24, 2.45) is 0 Å². The molecule has 0 aliphatic carbocycles. The molecule has 2 rings (SSSR count). The van der Waals surface area contributed by atoms with Gasteiger partial charge in [0.2, 0.25) is 0 Å². The van der Waals surface area contributed by atoms with E-state index in [1.165, 1.54) is 0 Å². The van der Waals surface area contributed by atoms with Crippen LogP contribution in [0.5, 0.6) is 0 Å². The van der Waals surface area contributed by atoms with Gasteiger partial charge in [-0.2, -0.15) is 0 Å². The molecule has 2 aliphatic heterocycles. The van der Waals surface area contributed by atoms with Gasteiger partial charge >= 0.3 is 0 Å². The minimum absolute atomic E-state index is 0.0744. The van der Waals surface area contributed by atoms with Crippen LogP contribution in [0, 0.1) is 0 Å². The molecule has 0 saturated carbocycles. The fraction of sp³-hybridized carbons (Fsp3) is 0.889. The maximum absolute atomic E-state index is 11.5. The Morgan fingerprint density at radius 1 is 1.54 bits per heavy atom. The number of aliphatic hydroxyl groups excluding tert-OH is 1. The number of carbonyl (C=O) groups is 1. The van der Waals surface area contributed by atoms with Crippen LogP contribution in [0.15, 0.2) is 0 Å². The van der Waals surface area contributed by atoms with E-state index in [0.29, 0.717) is 6.61 Å². The molecule has 0 spiro atoms. The summed E-state index contributed by atoms with van der Waals surface area (Å²) in [6.07, 6.45) is 1.30. The Bertz CT molecular complexity index is 204. The molecule has 0 unspecified atom stereocenters. The summed E-state index contributed by atoms with van der Waals surface area (Å²) in [5, 5.41) is 8.88. The summed E-state index contributed by atoms with van der Waals surface area (Å²) >= 11 is 0. The van der Waals surface area contributed by atoms with E-state index in [4.69, 9.17) is 14.6 Å². The molecule has 4 heteroatoms. The Morgan fingerprint density at radius 3 is 3.15 bits per heavy atom. The topological polar surface area (TPSA) is 55.8 Å². The van der Waals surface area contributed by atoms with Gasteiger partial charge in [-0.1, -0.05) is 0 Å². The van der Waals surface area contributed by atoms with Crippen LogP contribution in [-0.4, -0.2) is 42.4 Å². The molecule has 0 aromatic carbocycles. The van der Waals surface area contributed by atoms with E-state index in [-0.39, 0.29) is 37.1 Å². The molecule has 13 heavy (non-hydrogen) atoms. The zero-order valence-corrected chi connectivity index (χ0v) is 7.44. The minimum Gasteiger partial charge on any atom is -0.394 e. The van der Waals surface area contributed by atoms with E-state index in [1.54, 1.807) is 0 Å². The molecule has 0 aromatic heterocycles. The summed E-state index contributed by atoms with van der Waals surface area (Å²) in [4.78, 5) is 11.5. The molecule has 3 atom stereocenters. The van der Waals surface area contributed by atoms with Crippen LogP contribution in [0.3, 0.4) is 0 Å². The van der Waals surface area contributed by atoms with Gasteiger partial charge in [-0.05, 0) is 12.8 Å². The van der Waals surface area contributed by atoms with Crippen molar-refractivity contribution in [3.8, 4) is 0 Å². The van der Waals surface area contributed by atoms with Gasteiger partial charge in [0.15, 0.2) is 5.78 Å². The number of hydrogen-bond acceptors (Lipinski definition) is 4. The Morgan fingerprint density at radius 2 is 2.38 bits per heavy atom. The first kappa shape index (κ1) is 9.12. The summed E-state index contributed by atoms with van der Waals surface area (Å²) in [5.41, 5.74) is 0. The molecule has 2 aliphatic rings. The SMILES string of the molecule is O=C1C[C@@H](CO)O[C@@H]2CCCO[C@@H]12. The number of ketones is 1. The average Bonchev–Trinajstić information content (AvgIpc) is 2.18. The first-order valence-electron chi connectivity index (χ1n) is 4.72. The Labute approximate surface area is 76.8 Å². The van der Waals surface area contributed by atoms with Crippen molar-refractivity contribution in [3.05, 3.63) is 0 Å². The summed E-state index contributed by atoms with van der Waals surface area (Å²) in [6.45, 7) is 0.578. The highest BCUT2D eigenvalue weighted by Gasteiger charge is 2.39. The average molecular weight is 186 g/mol. The number of aliphatic hydroxyl groups is 1. The summed E-state index contributed by atoms with van der Waals surface area (Å²) in [7, 11) is 0. The number of Topliss-reactive ketones (excluding diaryl/α,β-unsaturated/α-hetero) is 1. The maximum Gasteiger partial charge on any atom is 0.166 e. The summed E-state index contributed by atoms with van der Waals surface area (Å²) in [6, 6.07) is 0. The highest BCUT2D eigenvalue weighted by atomic mass is 16.6. The Hall–Kier alpha value is -0.450. The van der Waals surface area contributed by atoms with Gasteiger partial charge in [0.25, 0.3) is 0 Å². The maximum atomic E-state index is 11.5. The first-order valence-corrected chi connectivity index (χ1v) is 4.72. The van der Waals surface area contributed by atoms with Gasteiger partial charge < -0.3 is 14.6 Å². The predicted octanol–water partition coefficient (Wildman–Crippen LogP) is -0.116. The number of hydrogen-bond donors (Lipinski definition) is 1. The van der Waals surface area contributed by atoms with E-state index >= 15 is 0 Å². The second-order valence-corrected chi connectivity index (χ2v) is 3.58. The van der Waals surface area contributed by atoms with Crippen molar-refractivity contribution < 1.29 is 19.4 Å². The Kier molecular flexibility index (Phi) is 2.62. The van der Waals surface area contributed by atoms with E-state index in [0.717, 1.165) is 12.8 Å². The van der Waals surface area contributed by atoms with Crippen molar-refractivity contribution in [3.63, 3.8) is 0 Å². The van der Waals surface area contributed by atoms with Crippen LogP contribution in [0.4, 0.5) is 0 Å². The van der Waals surface area contributed by atoms with Crippen LogP contribution in [0.25, 0.3) is 0 Å². The summed E-state index contributed by atoms with van der Waals surface area (Å²) < 4.78 is 10.8. The van der Waals surface area contributed by atoms with Gasteiger partial charge in [0, 0.05) is 13.0 Å². The monoisotopic (exact) mass is 186 g/mol. The normalized spacial score (nSPS) is 40.1. The third-order valence-corrected chi connectivity index (χ3v) is 2.59. The molecule has 2 saturated heterocycles. The van der Waals surface area contributed by atoms with E-state index in [1.807, 2.05) is 0 Å². The first-order chi connectivity index (χ1) is 6.31. The van der Waals surface area contributed by atoms with Crippen LogP contribution < -0.4 is 0 Å². The van der Waals surface area contributed by atoms with Crippen LogP contribution in [0.2, 0.25) is 0 Å². The quantitative estimate of drug-likeness (QED) is 0.620. The molecule has 2 fully saturated rings. The molecule has 0 radical (unpaired) electrons. The third kappa shape index (κ3) is 1.75. The molecule has 1 N–H and O–H groups in total.